The molecule has 7 aromatic carbocycles. The van der Waals surface area contributed by atoms with Gasteiger partial charge in [0, 0.05) is 38.7 Å². The molecule has 0 N–H and O–H groups in total. The zero-order chi connectivity index (χ0) is 29.5. The Bertz CT molecular complexity index is 2400. The average molecular weight is 577 g/mol. The fourth-order valence-electron chi connectivity index (χ4n) is 7.18. The summed E-state index contributed by atoms with van der Waals surface area (Å²) >= 11 is 0. The van der Waals surface area contributed by atoms with Gasteiger partial charge in [-0.05, 0) is 83.0 Å². The van der Waals surface area contributed by atoms with Crippen molar-refractivity contribution in [2.75, 3.05) is 4.90 Å². The van der Waals surface area contributed by atoms with Crippen LogP contribution in [0.3, 0.4) is 0 Å². The van der Waals surface area contributed by atoms with Gasteiger partial charge in [-0.2, -0.15) is 0 Å². The smallest absolute Gasteiger partial charge is 0.260 e. The minimum atomic E-state index is 0.00349. The van der Waals surface area contributed by atoms with Crippen molar-refractivity contribution < 1.29 is 13.9 Å². The number of ether oxygens (including phenoxy) is 2. The van der Waals surface area contributed by atoms with Crippen LogP contribution in [0.25, 0.3) is 32.7 Å². The van der Waals surface area contributed by atoms with Gasteiger partial charge in [0.1, 0.15) is 22.8 Å². The van der Waals surface area contributed by atoms with E-state index in [1.165, 1.54) is 0 Å². The van der Waals surface area contributed by atoms with Crippen molar-refractivity contribution in [1.82, 2.24) is 0 Å². The largest absolute Gasteiger partial charge is 0.458 e. The van der Waals surface area contributed by atoms with Gasteiger partial charge in [0.15, 0.2) is 11.3 Å². The van der Waals surface area contributed by atoms with Gasteiger partial charge >= 0.3 is 0 Å². The first-order valence-electron chi connectivity index (χ1n) is 15.2. The molecule has 0 saturated heterocycles. The van der Waals surface area contributed by atoms with Crippen LogP contribution in [-0.2, 0) is 0 Å². The van der Waals surface area contributed by atoms with Gasteiger partial charge in [-0.15, -0.1) is 0 Å². The number of nitrogens with zero attached hydrogens (tertiary/aromatic N) is 1. The second-order valence-electron chi connectivity index (χ2n) is 11.7. The lowest BCUT2D eigenvalue weighted by Gasteiger charge is -2.32. The van der Waals surface area contributed by atoms with Crippen LogP contribution in [0.5, 0.6) is 23.0 Å². The zero-order valence-electron chi connectivity index (χ0n) is 24.1. The standard InChI is InChI=1S/C40H24BNO3/c1-3-11-26(12-4-1)42(27-13-5-2-6-14-27)28-20-22-29-25(23-28)19-21-30-31-24-36-37-40(39(31)45-38(29)30)44-35-18-10-8-16-33(35)41(37)32-15-7-9-17-34(32)43-36/h1-24H. The SMILES string of the molecule is c1ccc(N(c2ccccc2)c2ccc3c(ccc4c5cc6c7c(c5oc34)Oc3ccccc3B7c3ccccc3O6)c2)cc1. The summed E-state index contributed by atoms with van der Waals surface area (Å²) in [7, 11) is 0. The Balaban J connectivity index is 1.19. The molecule has 2 aliphatic heterocycles. The van der Waals surface area contributed by atoms with Crippen LogP contribution in [-0.4, -0.2) is 6.71 Å². The summed E-state index contributed by atoms with van der Waals surface area (Å²) in [4.78, 5) is 2.28. The van der Waals surface area contributed by atoms with E-state index in [4.69, 9.17) is 13.9 Å². The number of hydrogen-bond donors (Lipinski definition) is 0. The van der Waals surface area contributed by atoms with Crippen molar-refractivity contribution in [3.05, 3.63) is 146 Å². The summed E-state index contributed by atoms with van der Waals surface area (Å²) in [5, 5.41) is 4.17. The molecule has 5 heteroatoms. The maximum Gasteiger partial charge on any atom is 0.260 e. The number of hydrogen-bond acceptors (Lipinski definition) is 4. The predicted molar refractivity (Wildman–Crippen MR) is 184 cm³/mol. The van der Waals surface area contributed by atoms with Crippen LogP contribution >= 0.6 is 0 Å². The first-order chi connectivity index (χ1) is 22.3. The molecule has 0 bridgehead atoms. The molecule has 45 heavy (non-hydrogen) atoms. The first kappa shape index (κ1) is 24.5. The normalized spacial score (nSPS) is 12.8. The van der Waals surface area contributed by atoms with E-state index in [0.29, 0.717) is 0 Å². The summed E-state index contributed by atoms with van der Waals surface area (Å²) in [5.41, 5.74) is 8.17. The van der Waals surface area contributed by atoms with E-state index in [2.05, 4.69) is 114 Å². The summed E-state index contributed by atoms with van der Waals surface area (Å²) in [6.07, 6.45) is 0. The Morgan fingerprint density at radius 2 is 1.07 bits per heavy atom. The number of furan rings is 1. The lowest BCUT2D eigenvalue weighted by Crippen LogP contribution is -2.57. The summed E-state index contributed by atoms with van der Waals surface area (Å²) in [5.74, 6) is 3.28. The Labute approximate surface area is 259 Å². The van der Waals surface area contributed by atoms with E-state index in [-0.39, 0.29) is 6.71 Å². The third-order valence-corrected chi connectivity index (χ3v) is 9.15. The van der Waals surface area contributed by atoms with Gasteiger partial charge in [-0.1, -0.05) is 78.9 Å². The second kappa shape index (κ2) is 9.28. The Kier molecular flexibility index (Phi) is 5.05. The van der Waals surface area contributed by atoms with Gasteiger partial charge in [-0.3, -0.25) is 0 Å². The van der Waals surface area contributed by atoms with Crippen LogP contribution in [0.1, 0.15) is 0 Å². The highest BCUT2D eigenvalue weighted by Gasteiger charge is 2.41. The Morgan fingerprint density at radius 1 is 0.444 bits per heavy atom. The molecule has 0 saturated carbocycles. The first-order valence-corrected chi connectivity index (χ1v) is 15.2. The van der Waals surface area contributed by atoms with E-state index < -0.39 is 0 Å². The van der Waals surface area contributed by atoms with Gasteiger partial charge in [0.05, 0.1) is 0 Å². The molecule has 0 amide bonds. The maximum atomic E-state index is 6.81. The molecule has 0 radical (unpaired) electrons. The van der Waals surface area contributed by atoms with Crippen molar-refractivity contribution in [2.24, 2.45) is 0 Å². The van der Waals surface area contributed by atoms with Crippen LogP contribution in [0.15, 0.2) is 150 Å². The highest BCUT2D eigenvalue weighted by molar-refractivity contribution is 6.98. The number of anilines is 3. The van der Waals surface area contributed by atoms with Crippen LogP contribution in [0, 0.1) is 0 Å². The minimum absolute atomic E-state index is 0.00349. The van der Waals surface area contributed by atoms with Gasteiger partial charge in [0.25, 0.3) is 6.71 Å². The Morgan fingerprint density at radius 3 is 1.78 bits per heavy atom. The van der Waals surface area contributed by atoms with Crippen molar-refractivity contribution in [1.29, 1.82) is 0 Å². The molecule has 0 spiro atoms. The molecule has 1 aromatic heterocycles. The second-order valence-corrected chi connectivity index (χ2v) is 11.7. The molecule has 0 atom stereocenters. The van der Waals surface area contributed by atoms with Gasteiger partial charge in [0.2, 0.25) is 0 Å². The topological polar surface area (TPSA) is 34.8 Å². The Hall–Kier alpha value is -5.94. The van der Waals surface area contributed by atoms with Crippen molar-refractivity contribution >= 4 is 72.9 Å². The molecule has 8 aromatic rings. The average Bonchev–Trinajstić information content (AvgIpc) is 3.48. The van der Waals surface area contributed by atoms with Gasteiger partial charge < -0.3 is 18.8 Å². The zero-order valence-corrected chi connectivity index (χ0v) is 24.1. The number of rotatable bonds is 3. The number of para-hydroxylation sites is 4. The molecule has 210 valence electrons. The molecule has 0 aliphatic carbocycles. The minimum Gasteiger partial charge on any atom is -0.458 e. The molecular weight excluding hydrogens is 553 g/mol. The molecule has 2 aliphatic rings. The number of benzene rings is 7. The van der Waals surface area contributed by atoms with Gasteiger partial charge in [-0.25, -0.2) is 0 Å². The summed E-state index contributed by atoms with van der Waals surface area (Å²) in [6.45, 7) is 0.00349. The molecule has 0 fully saturated rings. The molecule has 10 rings (SSSR count). The van der Waals surface area contributed by atoms with Crippen LogP contribution in [0.2, 0.25) is 0 Å². The fourth-order valence-corrected chi connectivity index (χ4v) is 7.18. The monoisotopic (exact) mass is 577 g/mol. The maximum absolute atomic E-state index is 6.81. The summed E-state index contributed by atoms with van der Waals surface area (Å²) < 4.78 is 20.0. The lowest BCUT2D eigenvalue weighted by atomic mass is 9.35. The van der Waals surface area contributed by atoms with Crippen molar-refractivity contribution in [3.63, 3.8) is 0 Å². The van der Waals surface area contributed by atoms with E-state index in [0.717, 1.165) is 89.2 Å². The predicted octanol–water partition coefficient (Wildman–Crippen LogP) is 8.94. The lowest BCUT2D eigenvalue weighted by molar-refractivity contribution is 0.462. The number of fused-ring (bicyclic) bond motifs is 10. The molecule has 3 heterocycles. The van der Waals surface area contributed by atoms with Crippen LogP contribution < -0.4 is 30.8 Å². The molecule has 0 unspecified atom stereocenters. The van der Waals surface area contributed by atoms with E-state index >= 15 is 0 Å². The fraction of sp³-hybridized carbons (Fsp3) is 0. The van der Waals surface area contributed by atoms with Crippen molar-refractivity contribution in [3.8, 4) is 23.0 Å². The summed E-state index contributed by atoms with van der Waals surface area (Å²) in [6, 6.07) is 50.6. The van der Waals surface area contributed by atoms with Crippen LogP contribution in [0.4, 0.5) is 17.1 Å². The highest BCUT2D eigenvalue weighted by Crippen LogP contribution is 2.45. The highest BCUT2D eigenvalue weighted by atomic mass is 16.5. The molecular formula is C40H24BNO3. The molecule has 4 nitrogen and oxygen atoms in total. The van der Waals surface area contributed by atoms with E-state index in [1.807, 2.05) is 36.4 Å². The van der Waals surface area contributed by atoms with E-state index in [1.54, 1.807) is 0 Å². The van der Waals surface area contributed by atoms with Crippen molar-refractivity contribution in [2.45, 2.75) is 0 Å². The third kappa shape index (κ3) is 3.55. The quantitative estimate of drug-likeness (QED) is 0.197. The third-order valence-electron chi connectivity index (χ3n) is 9.15. The van der Waals surface area contributed by atoms with E-state index in [9.17, 15) is 0 Å².